The van der Waals surface area contributed by atoms with Crippen LogP contribution >= 0.6 is 0 Å². The molecule has 16 heavy (non-hydrogen) atoms. The maximum Gasteiger partial charge on any atom is 0.145 e. The molecule has 1 N–H and O–H groups in total. The zero-order chi connectivity index (χ0) is 11.4. The van der Waals surface area contributed by atoms with Gasteiger partial charge in [0.25, 0.3) is 0 Å². The lowest BCUT2D eigenvalue weighted by Gasteiger charge is -2.05. The molecule has 0 saturated carbocycles. The SMILES string of the molecule is CCCNc1cncc(-c2cnnn2C)n1. The molecule has 84 valence electrons. The lowest BCUT2D eigenvalue weighted by atomic mass is 10.3. The fourth-order valence-electron chi connectivity index (χ4n) is 1.35. The highest BCUT2D eigenvalue weighted by Crippen LogP contribution is 2.14. The van der Waals surface area contributed by atoms with Gasteiger partial charge in [-0.25, -0.2) is 9.67 Å². The highest BCUT2D eigenvalue weighted by molar-refractivity contribution is 5.54. The van der Waals surface area contributed by atoms with Gasteiger partial charge in [0.15, 0.2) is 0 Å². The quantitative estimate of drug-likeness (QED) is 0.832. The molecule has 0 amide bonds. The minimum Gasteiger partial charge on any atom is -0.369 e. The highest BCUT2D eigenvalue weighted by atomic mass is 15.4. The highest BCUT2D eigenvalue weighted by Gasteiger charge is 2.06. The van der Waals surface area contributed by atoms with Crippen LogP contribution in [0.5, 0.6) is 0 Å². The molecule has 0 aliphatic rings. The van der Waals surface area contributed by atoms with Crippen LogP contribution in [-0.4, -0.2) is 31.5 Å². The molecule has 2 aromatic heterocycles. The molecule has 6 nitrogen and oxygen atoms in total. The fourth-order valence-corrected chi connectivity index (χ4v) is 1.35. The first-order chi connectivity index (χ1) is 7.81. The van der Waals surface area contributed by atoms with E-state index in [1.54, 1.807) is 23.3 Å². The molecule has 0 bridgehead atoms. The molecule has 2 rings (SSSR count). The Bertz CT molecular complexity index is 464. The summed E-state index contributed by atoms with van der Waals surface area (Å²) in [7, 11) is 1.83. The van der Waals surface area contributed by atoms with Crippen LogP contribution in [0.15, 0.2) is 18.6 Å². The summed E-state index contributed by atoms with van der Waals surface area (Å²) in [6.45, 7) is 3.00. The summed E-state index contributed by atoms with van der Waals surface area (Å²) in [6, 6.07) is 0. The van der Waals surface area contributed by atoms with Gasteiger partial charge in [-0.15, -0.1) is 5.10 Å². The van der Waals surface area contributed by atoms with E-state index in [0.29, 0.717) is 0 Å². The molecule has 0 atom stereocenters. The van der Waals surface area contributed by atoms with Crippen molar-refractivity contribution in [2.45, 2.75) is 13.3 Å². The van der Waals surface area contributed by atoms with Crippen molar-refractivity contribution >= 4 is 5.82 Å². The van der Waals surface area contributed by atoms with Crippen molar-refractivity contribution in [2.75, 3.05) is 11.9 Å². The van der Waals surface area contributed by atoms with E-state index in [1.807, 2.05) is 7.05 Å². The maximum atomic E-state index is 4.44. The molecule has 2 aromatic rings. The summed E-state index contributed by atoms with van der Waals surface area (Å²) in [5.74, 6) is 0.778. The standard InChI is InChI=1S/C10H14N6/c1-3-4-12-10-7-11-5-8(14-10)9-6-13-15-16(9)2/h5-7H,3-4H2,1-2H3,(H,12,14). The molecule has 0 spiro atoms. The van der Waals surface area contributed by atoms with Crippen LogP contribution in [0.1, 0.15) is 13.3 Å². The van der Waals surface area contributed by atoms with Gasteiger partial charge in [0.2, 0.25) is 0 Å². The normalized spacial score (nSPS) is 10.4. The predicted molar refractivity (Wildman–Crippen MR) is 60.8 cm³/mol. The number of hydrogen-bond donors (Lipinski definition) is 1. The zero-order valence-corrected chi connectivity index (χ0v) is 9.38. The Morgan fingerprint density at radius 1 is 1.31 bits per heavy atom. The van der Waals surface area contributed by atoms with E-state index in [0.717, 1.165) is 30.2 Å². The van der Waals surface area contributed by atoms with Gasteiger partial charge >= 0.3 is 0 Å². The molecule has 2 heterocycles. The first-order valence-corrected chi connectivity index (χ1v) is 5.22. The van der Waals surface area contributed by atoms with E-state index >= 15 is 0 Å². The Morgan fingerprint density at radius 3 is 2.88 bits per heavy atom. The maximum absolute atomic E-state index is 4.44. The van der Waals surface area contributed by atoms with E-state index in [9.17, 15) is 0 Å². The molecular formula is C10H14N6. The smallest absolute Gasteiger partial charge is 0.145 e. The third-order valence-corrected chi connectivity index (χ3v) is 2.17. The molecule has 0 fully saturated rings. The van der Waals surface area contributed by atoms with E-state index in [1.165, 1.54) is 0 Å². The van der Waals surface area contributed by atoms with Crippen LogP contribution in [0, 0.1) is 0 Å². The second kappa shape index (κ2) is 4.69. The van der Waals surface area contributed by atoms with Crippen molar-refractivity contribution in [1.29, 1.82) is 0 Å². The van der Waals surface area contributed by atoms with Crippen molar-refractivity contribution in [3.63, 3.8) is 0 Å². The summed E-state index contributed by atoms with van der Waals surface area (Å²) in [6.07, 6.45) is 6.14. The Kier molecular flexibility index (Phi) is 3.09. The first-order valence-electron chi connectivity index (χ1n) is 5.22. The van der Waals surface area contributed by atoms with Gasteiger partial charge in [0.05, 0.1) is 18.6 Å². The van der Waals surface area contributed by atoms with Gasteiger partial charge in [-0.05, 0) is 6.42 Å². The lowest BCUT2D eigenvalue weighted by molar-refractivity contribution is 0.719. The molecule has 0 saturated heterocycles. The Labute approximate surface area is 93.7 Å². The first kappa shape index (κ1) is 10.5. The molecule has 6 heteroatoms. The molecule has 0 aliphatic carbocycles. The number of nitrogens with zero attached hydrogens (tertiary/aromatic N) is 5. The minimum absolute atomic E-state index is 0.772. The van der Waals surface area contributed by atoms with Crippen LogP contribution in [0.3, 0.4) is 0 Å². The van der Waals surface area contributed by atoms with Crippen LogP contribution in [0.4, 0.5) is 5.82 Å². The van der Waals surface area contributed by atoms with Gasteiger partial charge in [-0.1, -0.05) is 12.1 Å². The molecule has 0 unspecified atom stereocenters. The van der Waals surface area contributed by atoms with E-state index in [2.05, 4.69) is 32.5 Å². The fraction of sp³-hybridized carbons (Fsp3) is 0.400. The van der Waals surface area contributed by atoms with Crippen molar-refractivity contribution in [2.24, 2.45) is 7.05 Å². The van der Waals surface area contributed by atoms with Gasteiger partial charge in [0, 0.05) is 13.6 Å². The summed E-state index contributed by atoms with van der Waals surface area (Å²) in [4.78, 5) is 8.58. The van der Waals surface area contributed by atoms with E-state index < -0.39 is 0 Å². The minimum atomic E-state index is 0.772. The summed E-state index contributed by atoms with van der Waals surface area (Å²) in [5, 5.41) is 10.9. The third-order valence-electron chi connectivity index (χ3n) is 2.17. The summed E-state index contributed by atoms with van der Waals surface area (Å²) >= 11 is 0. The molecular weight excluding hydrogens is 204 g/mol. The second-order valence-corrected chi connectivity index (χ2v) is 3.46. The number of aryl methyl sites for hydroxylation is 1. The topological polar surface area (TPSA) is 68.5 Å². The molecule has 0 radical (unpaired) electrons. The van der Waals surface area contributed by atoms with Crippen molar-refractivity contribution in [3.8, 4) is 11.4 Å². The zero-order valence-electron chi connectivity index (χ0n) is 9.38. The molecule has 0 aromatic carbocycles. The summed E-state index contributed by atoms with van der Waals surface area (Å²) in [5.41, 5.74) is 1.63. The van der Waals surface area contributed by atoms with Crippen LogP contribution in [0.2, 0.25) is 0 Å². The van der Waals surface area contributed by atoms with Crippen LogP contribution in [0.25, 0.3) is 11.4 Å². The summed E-state index contributed by atoms with van der Waals surface area (Å²) < 4.78 is 1.67. The van der Waals surface area contributed by atoms with Gasteiger partial charge < -0.3 is 5.32 Å². The van der Waals surface area contributed by atoms with E-state index in [4.69, 9.17) is 0 Å². The van der Waals surface area contributed by atoms with Gasteiger partial charge in [-0.3, -0.25) is 4.98 Å². The van der Waals surface area contributed by atoms with Crippen molar-refractivity contribution < 1.29 is 0 Å². The average molecular weight is 218 g/mol. The largest absolute Gasteiger partial charge is 0.369 e. The number of anilines is 1. The molecule has 0 aliphatic heterocycles. The number of hydrogen-bond acceptors (Lipinski definition) is 5. The van der Waals surface area contributed by atoms with Crippen LogP contribution in [-0.2, 0) is 7.05 Å². The second-order valence-electron chi connectivity index (χ2n) is 3.46. The third kappa shape index (κ3) is 2.16. The van der Waals surface area contributed by atoms with Crippen molar-refractivity contribution in [1.82, 2.24) is 25.0 Å². The van der Waals surface area contributed by atoms with Crippen LogP contribution < -0.4 is 5.32 Å². The van der Waals surface area contributed by atoms with Gasteiger partial charge in [-0.2, -0.15) is 0 Å². The Balaban J connectivity index is 2.26. The number of aromatic nitrogens is 5. The average Bonchev–Trinajstić information content (AvgIpc) is 2.73. The Morgan fingerprint density at radius 2 is 2.19 bits per heavy atom. The van der Waals surface area contributed by atoms with Crippen molar-refractivity contribution in [3.05, 3.63) is 18.6 Å². The van der Waals surface area contributed by atoms with E-state index in [-0.39, 0.29) is 0 Å². The Hall–Kier alpha value is -1.98. The predicted octanol–water partition coefficient (Wildman–Crippen LogP) is 1.09. The number of nitrogens with one attached hydrogen (secondary N) is 1. The monoisotopic (exact) mass is 218 g/mol. The lowest BCUT2D eigenvalue weighted by Crippen LogP contribution is -2.04. The number of rotatable bonds is 4. The van der Waals surface area contributed by atoms with Gasteiger partial charge in [0.1, 0.15) is 17.2 Å².